The Balaban J connectivity index is 2.99. The van der Waals surface area contributed by atoms with Crippen molar-refractivity contribution < 1.29 is 14.7 Å². The maximum Gasteiger partial charge on any atom is 0.336 e. The highest BCUT2D eigenvalue weighted by atomic mass is 16.4. The molecular weight excluding hydrogens is 192 g/mol. The van der Waals surface area contributed by atoms with E-state index in [1.165, 1.54) is 18.2 Å². The molecule has 0 radical (unpaired) electrons. The van der Waals surface area contributed by atoms with Crippen LogP contribution in [0.25, 0.3) is 6.08 Å². The van der Waals surface area contributed by atoms with E-state index >= 15 is 0 Å². The molecule has 1 aromatic rings. The van der Waals surface area contributed by atoms with Gasteiger partial charge in [0.25, 0.3) is 0 Å². The summed E-state index contributed by atoms with van der Waals surface area (Å²) in [6, 6.07) is 6.58. The SMILES string of the molecule is CCC(=O)C=Cc1ccccc1C(=O)O. The number of carboxylic acids is 1. The minimum absolute atomic E-state index is 0.0183. The number of carbonyl (C=O) groups is 2. The van der Waals surface area contributed by atoms with E-state index in [9.17, 15) is 9.59 Å². The first-order valence-electron chi connectivity index (χ1n) is 4.68. The van der Waals surface area contributed by atoms with Gasteiger partial charge in [-0.25, -0.2) is 4.79 Å². The lowest BCUT2D eigenvalue weighted by Gasteiger charge is -1.99. The molecule has 1 rings (SSSR count). The van der Waals surface area contributed by atoms with Gasteiger partial charge in [0, 0.05) is 6.42 Å². The average molecular weight is 204 g/mol. The number of carbonyl (C=O) groups excluding carboxylic acids is 1. The van der Waals surface area contributed by atoms with Crippen molar-refractivity contribution in [1.82, 2.24) is 0 Å². The summed E-state index contributed by atoms with van der Waals surface area (Å²) in [6.07, 6.45) is 3.36. The number of ketones is 1. The van der Waals surface area contributed by atoms with Crippen molar-refractivity contribution in [3.05, 3.63) is 41.5 Å². The number of carboxylic acid groups (broad SMARTS) is 1. The predicted molar refractivity (Wildman–Crippen MR) is 57.7 cm³/mol. The zero-order chi connectivity index (χ0) is 11.3. The number of rotatable bonds is 4. The first-order valence-corrected chi connectivity index (χ1v) is 4.68. The Morgan fingerprint density at radius 2 is 2.00 bits per heavy atom. The Morgan fingerprint density at radius 1 is 1.33 bits per heavy atom. The third-order valence-electron chi connectivity index (χ3n) is 1.99. The highest BCUT2D eigenvalue weighted by Crippen LogP contribution is 2.10. The smallest absolute Gasteiger partial charge is 0.336 e. The fourth-order valence-electron chi connectivity index (χ4n) is 1.14. The molecule has 15 heavy (non-hydrogen) atoms. The van der Waals surface area contributed by atoms with E-state index in [2.05, 4.69) is 0 Å². The number of hydrogen-bond donors (Lipinski definition) is 1. The lowest BCUT2D eigenvalue weighted by atomic mass is 10.1. The first kappa shape index (κ1) is 11.2. The molecule has 0 aliphatic carbocycles. The van der Waals surface area contributed by atoms with Crippen molar-refractivity contribution in [2.75, 3.05) is 0 Å². The topological polar surface area (TPSA) is 54.4 Å². The van der Waals surface area contributed by atoms with Crippen LogP contribution in [0.15, 0.2) is 30.3 Å². The Hall–Kier alpha value is -1.90. The average Bonchev–Trinajstić information content (AvgIpc) is 2.26. The Morgan fingerprint density at radius 3 is 2.60 bits per heavy atom. The summed E-state index contributed by atoms with van der Waals surface area (Å²) in [5.41, 5.74) is 0.754. The predicted octanol–water partition coefficient (Wildman–Crippen LogP) is 2.38. The fraction of sp³-hybridized carbons (Fsp3) is 0.167. The summed E-state index contributed by atoms with van der Waals surface area (Å²) < 4.78 is 0. The van der Waals surface area contributed by atoms with Crippen molar-refractivity contribution in [1.29, 1.82) is 0 Å². The van der Waals surface area contributed by atoms with E-state index in [-0.39, 0.29) is 11.3 Å². The van der Waals surface area contributed by atoms with E-state index in [0.717, 1.165) is 0 Å². The summed E-state index contributed by atoms with van der Waals surface area (Å²) in [5, 5.41) is 8.87. The Labute approximate surface area is 88.0 Å². The van der Waals surface area contributed by atoms with Crippen LogP contribution >= 0.6 is 0 Å². The van der Waals surface area contributed by atoms with E-state index in [1.54, 1.807) is 25.1 Å². The van der Waals surface area contributed by atoms with Crippen molar-refractivity contribution in [2.24, 2.45) is 0 Å². The van der Waals surface area contributed by atoms with Crippen LogP contribution in [0, 0.1) is 0 Å². The molecule has 3 nitrogen and oxygen atoms in total. The summed E-state index contributed by atoms with van der Waals surface area (Å²) in [4.78, 5) is 21.8. The zero-order valence-corrected chi connectivity index (χ0v) is 8.43. The number of hydrogen-bond acceptors (Lipinski definition) is 2. The molecule has 3 heteroatoms. The second kappa shape index (κ2) is 5.10. The second-order valence-corrected chi connectivity index (χ2v) is 3.05. The van der Waals surface area contributed by atoms with Gasteiger partial charge in [-0.05, 0) is 17.7 Å². The van der Waals surface area contributed by atoms with E-state index < -0.39 is 5.97 Å². The number of benzene rings is 1. The van der Waals surface area contributed by atoms with E-state index in [0.29, 0.717) is 12.0 Å². The Bertz CT molecular complexity index is 405. The van der Waals surface area contributed by atoms with Crippen molar-refractivity contribution in [3.63, 3.8) is 0 Å². The van der Waals surface area contributed by atoms with E-state index in [4.69, 9.17) is 5.11 Å². The number of allylic oxidation sites excluding steroid dienone is 1. The third kappa shape index (κ3) is 3.06. The van der Waals surface area contributed by atoms with Gasteiger partial charge in [-0.15, -0.1) is 0 Å². The highest BCUT2D eigenvalue weighted by Gasteiger charge is 2.05. The van der Waals surface area contributed by atoms with Crippen molar-refractivity contribution in [2.45, 2.75) is 13.3 Å². The molecule has 0 saturated carbocycles. The van der Waals surface area contributed by atoms with Crippen LogP contribution in [0.3, 0.4) is 0 Å². The molecule has 0 atom stereocenters. The normalized spacial score (nSPS) is 10.5. The summed E-state index contributed by atoms with van der Waals surface area (Å²) in [6.45, 7) is 1.76. The van der Waals surface area contributed by atoms with Gasteiger partial charge in [-0.2, -0.15) is 0 Å². The van der Waals surface area contributed by atoms with Gasteiger partial charge < -0.3 is 5.11 Å². The van der Waals surface area contributed by atoms with E-state index in [1.807, 2.05) is 0 Å². The molecule has 0 bridgehead atoms. The largest absolute Gasteiger partial charge is 0.478 e. The molecule has 0 saturated heterocycles. The van der Waals surface area contributed by atoms with Gasteiger partial charge in [0.2, 0.25) is 0 Å². The Kier molecular flexibility index (Phi) is 3.80. The zero-order valence-electron chi connectivity index (χ0n) is 8.43. The quantitative estimate of drug-likeness (QED) is 0.766. The monoisotopic (exact) mass is 204 g/mol. The molecule has 0 aliphatic rings. The van der Waals surface area contributed by atoms with Crippen molar-refractivity contribution >= 4 is 17.8 Å². The molecule has 78 valence electrons. The van der Waals surface area contributed by atoms with Crippen LogP contribution in [0.1, 0.15) is 29.3 Å². The molecule has 0 amide bonds. The standard InChI is InChI=1S/C12H12O3/c1-2-10(13)8-7-9-5-3-4-6-11(9)12(14)15/h3-8H,2H2,1H3,(H,14,15). The van der Waals surface area contributed by atoms with Crippen LogP contribution in [-0.2, 0) is 4.79 Å². The molecule has 0 unspecified atom stereocenters. The number of aromatic carboxylic acids is 1. The minimum Gasteiger partial charge on any atom is -0.478 e. The van der Waals surface area contributed by atoms with Crippen LogP contribution in [0.4, 0.5) is 0 Å². The van der Waals surface area contributed by atoms with Crippen LogP contribution in [-0.4, -0.2) is 16.9 Å². The van der Waals surface area contributed by atoms with Crippen LogP contribution in [0.2, 0.25) is 0 Å². The van der Waals surface area contributed by atoms with Crippen LogP contribution in [0.5, 0.6) is 0 Å². The first-order chi connectivity index (χ1) is 7.15. The van der Waals surface area contributed by atoms with Gasteiger partial charge in [0.15, 0.2) is 5.78 Å². The van der Waals surface area contributed by atoms with Gasteiger partial charge in [-0.3, -0.25) is 4.79 Å². The minimum atomic E-state index is -0.987. The van der Waals surface area contributed by atoms with Crippen LogP contribution < -0.4 is 0 Å². The third-order valence-corrected chi connectivity index (χ3v) is 1.99. The summed E-state index contributed by atoms with van der Waals surface area (Å²) >= 11 is 0. The van der Waals surface area contributed by atoms with Gasteiger partial charge in [0.1, 0.15) is 0 Å². The molecule has 0 aromatic heterocycles. The lowest BCUT2D eigenvalue weighted by Crippen LogP contribution is -1.99. The summed E-state index contributed by atoms with van der Waals surface area (Å²) in [7, 11) is 0. The maximum atomic E-state index is 11.0. The van der Waals surface area contributed by atoms with Gasteiger partial charge in [0.05, 0.1) is 5.56 Å². The fourth-order valence-corrected chi connectivity index (χ4v) is 1.14. The molecule has 1 N–H and O–H groups in total. The highest BCUT2D eigenvalue weighted by molar-refractivity contribution is 5.97. The molecule has 0 spiro atoms. The molecule has 0 aliphatic heterocycles. The molecule has 1 aromatic carbocycles. The summed E-state index contributed by atoms with van der Waals surface area (Å²) in [5.74, 6) is -1.01. The van der Waals surface area contributed by atoms with Crippen molar-refractivity contribution in [3.8, 4) is 0 Å². The molecular formula is C12H12O3. The van der Waals surface area contributed by atoms with Gasteiger partial charge >= 0.3 is 5.97 Å². The molecule has 0 fully saturated rings. The van der Waals surface area contributed by atoms with Gasteiger partial charge in [-0.1, -0.05) is 31.2 Å². The molecule has 0 heterocycles. The second-order valence-electron chi connectivity index (χ2n) is 3.05. The lowest BCUT2D eigenvalue weighted by molar-refractivity contribution is -0.114. The maximum absolute atomic E-state index is 11.0.